The van der Waals surface area contributed by atoms with Crippen molar-refractivity contribution in [3.8, 4) is 0 Å². The Morgan fingerprint density at radius 1 is 1.25 bits per heavy atom. The van der Waals surface area contributed by atoms with Crippen molar-refractivity contribution in [3.05, 3.63) is 30.1 Å². The minimum atomic E-state index is -0.122. The van der Waals surface area contributed by atoms with Gasteiger partial charge in [-0.25, -0.2) is 0 Å². The fourth-order valence-corrected chi connectivity index (χ4v) is 1.38. The van der Waals surface area contributed by atoms with Gasteiger partial charge in [0.1, 0.15) is 5.69 Å². The molecule has 4 nitrogen and oxygen atoms in total. The van der Waals surface area contributed by atoms with Crippen molar-refractivity contribution >= 4 is 5.91 Å². The summed E-state index contributed by atoms with van der Waals surface area (Å²) < 4.78 is 0. The van der Waals surface area contributed by atoms with Crippen molar-refractivity contribution < 1.29 is 9.90 Å². The lowest BCUT2D eigenvalue weighted by atomic mass is 10.2. The number of amides is 1. The maximum atomic E-state index is 11.5. The number of carbonyl (C=O) groups is 1. The molecule has 0 aromatic carbocycles. The van der Waals surface area contributed by atoms with E-state index in [0.717, 1.165) is 25.7 Å². The lowest BCUT2D eigenvalue weighted by Crippen LogP contribution is -2.25. The summed E-state index contributed by atoms with van der Waals surface area (Å²) in [6, 6.07) is 5.27. The van der Waals surface area contributed by atoms with Crippen molar-refractivity contribution in [2.45, 2.75) is 25.7 Å². The standard InChI is InChI=1S/C12H18N2O2/c15-10-6-2-1-4-9-14-12(16)11-7-3-5-8-13-11/h3,5,7-8,15H,1-2,4,6,9-10H2,(H,14,16). The average Bonchev–Trinajstić information content (AvgIpc) is 2.34. The van der Waals surface area contributed by atoms with Crippen molar-refractivity contribution in [2.75, 3.05) is 13.2 Å². The molecule has 0 atom stereocenters. The van der Waals surface area contributed by atoms with Gasteiger partial charge >= 0.3 is 0 Å². The zero-order valence-electron chi connectivity index (χ0n) is 9.35. The van der Waals surface area contributed by atoms with Crippen LogP contribution in [0.25, 0.3) is 0 Å². The first-order valence-electron chi connectivity index (χ1n) is 5.64. The van der Waals surface area contributed by atoms with Gasteiger partial charge in [-0.05, 0) is 25.0 Å². The third-order valence-corrected chi connectivity index (χ3v) is 2.27. The van der Waals surface area contributed by atoms with Gasteiger partial charge in [0.15, 0.2) is 0 Å². The van der Waals surface area contributed by atoms with Crippen LogP contribution in [0.15, 0.2) is 24.4 Å². The Balaban J connectivity index is 2.12. The average molecular weight is 222 g/mol. The first-order chi connectivity index (χ1) is 7.84. The van der Waals surface area contributed by atoms with E-state index in [4.69, 9.17) is 5.11 Å². The van der Waals surface area contributed by atoms with Crippen LogP contribution in [-0.2, 0) is 0 Å². The van der Waals surface area contributed by atoms with Gasteiger partial charge in [-0.15, -0.1) is 0 Å². The Hall–Kier alpha value is -1.42. The van der Waals surface area contributed by atoms with Crippen LogP contribution in [0.2, 0.25) is 0 Å². The van der Waals surface area contributed by atoms with Crippen LogP contribution in [-0.4, -0.2) is 29.1 Å². The topological polar surface area (TPSA) is 62.2 Å². The third kappa shape index (κ3) is 4.89. The number of aromatic nitrogens is 1. The molecule has 2 N–H and O–H groups in total. The van der Waals surface area contributed by atoms with Crippen molar-refractivity contribution in [3.63, 3.8) is 0 Å². The van der Waals surface area contributed by atoms with Crippen molar-refractivity contribution in [2.24, 2.45) is 0 Å². The molecular weight excluding hydrogens is 204 g/mol. The van der Waals surface area contributed by atoms with Crippen LogP contribution in [0.4, 0.5) is 0 Å². The second-order valence-electron chi connectivity index (χ2n) is 3.61. The molecule has 0 unspecified atom stereocenters. The fourth-order valence-electron chi connectivity index (χ4n) is 1.38. The van der Waals surface area contributed by atoms with E-state index in [1.807, 2.05) is 0 Å². The number of hydrogen-bond acceptors (Lipinski definition) is 3. The number of carbonyl (C=O) groups excluding carboxylic acids is 1. The van der Waals surface area contributed by atoms with E-state index in [-0.39, 0.29) is 12.5 Å². The van der Waals surface area contributed by atoms with Crippen molar-refractivity contribution in [1.82, 2.24) is 10.3 Å². The molecule has 1 rings (SSSR count). The van der Waals surface area contributed by atoms with Gasteiger partial charge in [-0.2, -0.15) is 0 Å². The highest BCUT2D eigenvalue weighted by Crippen LogP contribution is 1.98. The molecule has 0 aliphatic rings. The Morgan fingerprint density at radius 2 is 2.06 bits per heavy atom. The molecule has 0 fully saturated rings. The number of aliphatic hydroxyl groups excluding tert-OH is 1. The zero-order chi connectivity index (χ0) is 11.6. The van der Waals surface area contributed by atoms with Crippen LogP contribution in [0.5, 0.6) is 0 Å². The molecule has 0 aliphatic carbocycles. The molecule has 1 aromatic rings. The summed E-state index contributed by atoms with van der Waals surface area (Å²) in [7, 11) is 0. The molecule has 0 aliphatic heterocycles. The summed E-state index contributed by atoms with van der Waals surface area (Å²) in [6.07, 6.45) is 5.43. The van der Waals surface area contributed by atoms with E-state index in [1.54, 1.807) is 24.4 Å². The van der Waals surface area contributed by atoms with Crippen LogP contribution in [0.3, 0.4) is 0 Å². The molecule has 0 saturated carbocycles. The summed E-state index contributed by atoms with van der Waals surface area (Å²) in [5.74, 6) is -0.122. The van der Waals surface area contributed by atoms with Gasteiger partial charge in [0, 0.05) is 19.3 Å². The highest BCUT2D eigenvalue weighted by molar-refractivity contribution is 5.92. The normalized spacial score (nSPS) is 10.1. The number of pyridine rings is 1. The summed E-state index contributed by atoms with van der Waals surface area (Å²) in [5.41, 5.74) is 0.456. The second-order valence-corrected chi connectivity index (χ2v) is 3.61. The molecule has 1 heterocycles. The third-order valence-electron chi connectivity index (χ3n) is 2.27. The Kier molecular flexibility index (Phi) is 6.18. The molecule has 0 radical (unpaired) electrons. The molecule has 1 amide bonds. The van der Waals surface area contributed by atoms with Gasteiger partial charge in [-0.3, -0.25) is 9.78 Å². The number of unbranched alkanes of at least 4 members (excludes halogenated alkanes) is 3. The maximum absolute atomic E-state index is 11.5. The minimum Gasteiger partial charge on any atom is -0.396 e. The van der Waals surface area contributed by atoms with Gasteiger partial charge in [0.05, 0.1) is 0 Å². The predicted molar refractivity (Wildman–Crippen MR) is 62.1 cm³/mol. The van der Waals surface area contributed by atoms with E-state index >= 15 is 0 Å². The predicted octanol–water partition coefficient (Wildman–Crippen LogP) is 1.36. The van der Waals surface area contributed by atoms with E-state index < -0.39 is 0 Å². The van der Waals surface area contributed by atoms with E-state index in [0.29, 0.717) is 12.2 Å². The number of nitrogens with zero attached hydrogens (tertiary/aromatic N) is 1. The van der Waals surface area contributed by atoms with Crippen LogP contribution in [0, 0.1) is 0 Å². The molecule has 0 bridgehead atoms. The van der Waals surface area contributed by atoms with Crippen LogP contribution in [0.1, 0.15) is 36.2 Å². The Bertz CT molecular complexity index is 301. The summed E-state index contributed by atoms with van der Waals surface area (Å²) in [4.78, 5) is 15.5. The quantitative estimate of drug-likeness (QED) is 0.685. The molecular formula is C12H18N2O2. The Labute approximate surface area is 95.7 Å². The number of hydrogen-bond donors (Lipinski definition) is 2. The lowest BCUT2D eigenvalue weighted by molar-refractivity contribution is 0.0948. The molecule has 4 heteroatoms. The number of nitrogens with one attached hydrogen (secondary N) is 1. The van der Waals surface area contributed by atoms with Gasteiger partial charge < -0.3 is 10.4 Å². The Morgan fingerprint density at radius 3 is 2.75 bits per heavy atom. The molecule has 16 heavy (non-hydrogen) atoms. The molecule has 88 valence electrons. The van der Waals surface area contributed by atoms with Crippen LogP contribution < -0.4 is 5.32 Å². The van der Waals surface area contributed by atoms with E-state index in [9.17, 15) is 4.79 Å². The fraction of sp³-hybridized carbons (Fsp3) is 0.500. The smallest absolute Gasteiger partial charge is 0.269 e. The SMILES string of the molecule is O=C(NCCCCCCO)c1ccccn1. The molecule has 0 saturated heterocycles. The first kappa shape index (κ1) is 12.6. The first-order valence-corrected chi connectivity index (χ1v) is 5.64. The monoisotopic (exact) mass is 222 g/mol. The summed E-state index contributed by atoms with van der Waals surface area (Å²) in [5, 5.41) is 11.4. The van der Waals surface area contributed by atoms with Crippen LogP contribution >= 0.6 is 0 Å². The second kappa shape index (κ2) is 7.82. The number of rotatable bonds is 7. The van der Waals surface area contributed by atoms with Gasteiger partial charge in [0.2, 0.25) is 0 Å². The number of aliphatic hydroxyl groups is 1. The van der Waals surface area contributed by atoms with Gasteiger partial charge in [0.25, 0.3) is 5.91 Å². The zero-order valence-corrected chi connectivity index (χ0v) is 9.35. The summed E-state index contributed by atoms with van der Waals surface area (Å²) >= 11 is 0. The minimum absolute atomic E-state index is 0.122. The highest BCUT2D eigenvalue weighted by atomic mass is 16.2. The molecule has 1 aromatic heterocycles. The van der Waals surface area contributed by atoms with E-state index in [2.05, 4.69) is 10.3 Å². The maximum Gasteiger partial charge on any atom is 0.269 e. The molecule has 0 spiro atoms. The summed E-state index contributed by atoms with van der Waals surface area (Å²) in [6.45, 7) is 0.918. The van der Waals surface area contributed by atoms with E-state index in [1.165, 1.54) is 0 Å². The highest BCUT2D eigenvalue weighted by Gasteiger charge is 2.03. The lowest BCUT2D eigenvalue weighted by Gasteiger charge is -2.03. The van der Waals surface area contributed by atoms with Crippen molar-refractivity contribution in [1.29, 1.82) is 0 Å². The van der Waals surface area contributed by atoms with Gasteiger partial charge in [-0.1, -0.05) is 18.9 Å². The largest absolute Gasteiger partial charge is 0.396 e.